The van der Waals surface area contributed by atoms with Gasteiger partial charge >= 0.3 is 18.0 Å². The molecule has 6 N–H and O–H groups in total. The number of hydrogen-bond donors (Lipinski definition) is 6. The van der Waals surface area contributed by atoms with E-state index in [1.54, 1.807) is 24.8 Å². The number of benzene rings is 2. The predicted octanol–water partition coefficient (Wildman–Crippen LogP) is 1.31. The molecular formula is C58H67FN10O14. The van der Waals surface area contributed by atoms with E-state index in [0.717, 1.165) is 27.0 Å². The molecule has 6 heterocycles. The number of amides is 8. The van der Waals surface area contributed by atoms with Gasteiger partial charge in [0.15, 0.2) is 12.2 Å². The summed E-state index contributed by atoms with van der Waals surface area (Å²) in [7, 11) is 0. The molecular weight excluding hydrogens is 1080 g/mol. The van der Waals surface area contributed by atoms with Gasteiger partial charge < -0.3 is 55.4 Å². The van der Waals surface area contributed by atoms with Gasteiger partial charge in [-0.2, -0.15) is 0 Å². The van der Waals surface area contributed by atoms with Crippen molar-refractivity contribution in [3.05, 3.63) is 110 Å². The molecule has 1 aliphatic carbocycles. The van der Waals surface area contributed by atoms with Crippen LogP contribution in [-0.2, 0) is 84.2 Å². The minimum Gasteiger partial charge on any atom is -0.458 e. The van der Waals surface area contributed by atoms with Crippen molar-refractivity contribution in [3.63, 3.8) is 0 Å². The van der Waals surface area contributed by atoms with E-state index in [1.807, 2.05) is 30.3 Å². The fraction of sp³-hybridized carbons (Fsp3) is 0.466. The van der Waals surface area contributed by atoms with Gasteiger partial charge in [-0.25, -0.2) is 19.0 Å². The fourth-order valence-electron chi connectivity index (χ4n) is 11.2. The average Bonchev–Trinajstić information content (AvgIpc) is 2.09. The van der Waals surface area contributed by atoms with Gasteiger partial charge in [-0.15, -0.1) is 0 Å². The molecule has 8 amide bonds. The minimum atomic E-state index is -2.02. The summed E-state index contributed by atoms with van der Waals surface area (Å²) in [5.41, 5.74) is 2.71. The zero-order valence-electron chi connectivity index (χ0n) is 46.3. The van der Waals surface area contributed by atoms with Gasteiger partial charge in [-0.05, 0) is 80.2 Å². The van der Waals surface area contributed by atoms with Crippen molar-refractivity contribution >= 4 is 64.3 Å². The molecule has 9 rings (SSSR count). The van der Waals surface area contributed by atoms with Gasteiger partial charge in [0, 0.05) is 80.4 Å². The Balaban J connectivity index is 0.694. The second-order valence-electron chi connectivity index (χ2n) is 21.1. The monoisotopic (exact) mass is 1150 g/mol. The van der Waals surface area contributed by atoms with E-state index in [2.05, 4.69) is 31.5 Å². The highest BCUT2D eigenvalue weighted by Gasteiger charge is 2.46. The van der Waals surface area contributed by atoms with Crippen molar-refractivity contribution in [2.45, 2.75) is 102 Å². The van der Waals surface area contributed by atoms with Crippen molar-refractivity contribution in [2.24, 2.45) is 0 Å². The van der Waals surface area contributed by atoms with E-state index in [9.17, 15) is 53.1 Å². The summed E-state index contributed by atoms with van der Waals surface area (Å²) in [6, 6.07) is 10.3. The molecule has 25 heteroatoms. The first-order valence-electron chi connectivity index (χ1n) is 27.9. The third-order valence-electron chi connectivity index (χ3n) is 15.9. The average molecular weight is 1150 g/mol. The molecule has 0 radical (unpaired) electrons. The molecule has 0 saturated carbocycles. The Labute approximate surface area is 476 Å². The first kappa shape index (κ1) is 59.2. The number of aryl methyl sites for hydroxylation is 2. The maximum absolute atomic E-state index is 15.5. The van der Waals surface area contributed by atoms with Crippen LogP contribution in [-0.4, -0.2) is 161 Å². The van der Waals surface area contributed by atoms with E-state index in [0.29, 0.717) is 99.3 Å². The van der Waals surface area contributed by atoms with Crippen molar-refractivity contribution < 1.29 is 66.9 Å². The number of aromatic nitrogens is 2. The summed E-state index contributed by atoms with van der Waals surface area (Å²) < 4.78 is 32.9. The highest BCUT2D eigenvalue weighted by Crippen LogP contribution is 2.46. The van der Waals surface area contributed by atoms with E-state index in [1.165, 1.54) is 22.8 Å². The van der Waals surface area contributed by atoms with Crippen molar-refractivity contribution in [2.75, 3.05) is 72.3 Å². The number of pyridine rings is 2. The third kappa shape index (κ3) is 13.4. The molecule has 4 aromatic rings. The van der Waals surface area contributed by atoms with Gasteiger partial charge in [-0.3, -0.25) is 48.2 Å². The van der Waals surface area contributed by atoms with Crippen LogP contribution in [0.4, 0.5) is 9.18 Å². The molecule has 0 bridgehead atoms. The van der Waals surface area contributed by atoms with E-state index in [4.69, 9.17) is 19.2 Å². The SMILES string of the molecule is CC[C@@]1(O)C(=O)OCc2c1cc1n(c2=O)Cc2c-1nc1cc(F)c(C)c3c1c2[C@@H](NC(=O)N1CCN(CCOCNC(=O)CNC(=O)[C@H](CCc2ccccc2)NC(=O)COC(=O)CNC(=O)CCCCCN2C(=O)C=CC2=O)CC1)CC3. The standard InChI is InChI=1S/C58H67FN10O14/c1-3-58(80)39-26-44-53-37(30-69(44)55(77)38(39)31-83-56(58)78)52-41(16-14-36-34(2)40(59)27-43(64-53)51(36)52)65-57(79)67-22-20-66(21-23-67)24-25-81-33-62-46(71)28-61-54(76)42(15-13-35-10-6-4-7-11-35)63-47(72)32-82-50(75)29-60-45(70)12-8-5-9-19-68-48(73)17-18-49(68)74/h4,6-7,10-11,17-18,26-27,41-42,80H,3,5,8-9,12-16,19-25,28-33H2,1-2H3,(H,60,70)(H,61,76)(H,62,71)(H,63,72)(H,65,79)/t41-,42-,58-/m0/s1. The lowest BCUT2D eigenvalue weighted by atomic mass is 9.81. The second-order valence-corrected chi connectivity index (χ2v) is 21.1. The van der Waals surface area contributed by atoms with Crippen LogP contribution in [0.2, 0.25) is 0 Å². The number of esters is 2. The summed E-state index contributed by atoms with van der Waals surface area (Å²) in [6.07, 6.45) is 5.53. The normalized spacial score (nSPS) is 18.2. The van der Waals surface area contributed by atoms with E-state index >= 15 is 4.39 Å². The van der Waals surface area contributed by atoms with Crippen LogP contribution in [0.25, 0.3) is 22.3 Å². The number of urea groups is 1. The van der Waals surface area contributed by atoms with Gasteiger partial charge in [0.25, 0.3) is 23.3 Å². The predicted molar refractivity (Wildman–Crippen MR) is 294 cm³/mol. The van der Waals surface area contributed by atoms with Crippen molar-refractivity contribution in [1.82, 2.24) is 50.8 Å². The summed E-state index contributed by atoms with van der Waals surface area (Å²) in [4.78, 5) is 138. The van der Waals surface area contributed by atoms with E-state index in [-0.39, 0.29) is 81.3 Å². The topological polar surface area (TPSA) is 306 Å². The lowest BCUT2D eigenvalue weighted by Gasteiger charge is -2.36. The fourth-order valence-corrected chi connectivity index (χ4v) is 11.2. The number of imide groups is 1. The number of carbonyl (C=O) groups is 9. The number of halogens is 1. The first-order chi connectivity index (χ1) is 39.9. The number of nitrogens with one attached hydrogen (secondary N) is 5. The number of aliphatic hydroxyl groups is 1. The zero-order chi connectivity index (χ0) is 59.0. The smallest absolute Gasteiger partial charge is 0.343 e. The largest absolute Gasteiger partial charge is 0.458 e. The molecule has 2 aromatic carbocycles. The van der Waals surface area contributed by atoms with Gasteiger partial charge in [-0.1, -0.05) is 43.7 Å². The summed E-state index contributed by atoms with van der Waals surface area (Å²) in [6.45, 7) is 4.26. The Kier molecular flexibility index (Phi) is 18.7. The number of nitrogens with zero attached hydrogens (tertiary/aromatic N) is 5. The second kappa shape index (κ2) is 26.2. The molecule has 2 aromatic heterocycles. The Morgan fingerprint density at radius 1 is 0.880 bits per heavy atom. The van der Waals surface area contributed by atoms with Gasteiger partial charge in [0.1, 0.15) is 31.7 Å². The number of carbonyl (C=O) groups excluding carboxylic acids is 9. The number of rotatable bonds is 24. The van der Waals surface area contributed by atoms with Crippen LogP contribution >= 0.6 is 0 Å². The third-order valence-corrected chi connectivity index (χ3v) is 15.9. The molecule has 0 spiro atoms. The number of unbranched alkanes of at least 4 members (excludes halogenated alkanes) is 2. The van der Waals surface area contributed by atoms with Crippen LogP contribution in [0, 0.1) is 12.7 Å². The van der Waals surface area contributed by atoms with Crippen LogP contribution in [0.3, 0.4) is 0 Å². The number of piperazine rings is 1. The summed E-state index contributed by atoms with van der Waals surface area (Å²) in [5.74, 6) is -5.27. The Morgan fingerprint density at radius 2 is 1.64 bits per heavy atom. The molecule has 83 heavy (non-hydrogen) atoms. The maximum atomic E-state index is 15.5. The Hall–Kier alpha value is -8.42. The first-order valence-corrected chi connectivity index (χ1v) is 27.9. The molecule has 24 nitrogen and oxygen atoms in total. The molecule has 1 fully saturated rings. The molecule has 3 atom stereocenters. The summed E-state index contributed by atoms with van der Waals surface area (Å²) >= 11 is 0. The van der Waals surface area contributed by atoms with Crippen LogP contribution in [0.5, 0.6) is 0 Å². The molecule has 0 unspecified atom stereocenters. The van der Waals surface area contributed by atoms with Crippen LogP contribution in [0.15, 0.2) is 59.4 Å². The lowest BCUT2D eigenvalue weighted by Crippen LogP contribution is -2.53. The number of cyclic esters (lactones) is 1. The molecule has 4 aliphatic heterocycles. The van der Waals surface area contributed by atoms with Gasteiger partial charge in [0.05, 0.1) is 48.2 Å². The van der Waals surface area contributed by atoms with Crippen molar-refractivity contribution in [3.8, 4) is 11.4 Å². The molecule has 5 aliphatic rings. The number of hydrogen-bond acceptors (Lipinski definition) is 16. The highest BCUT2D eigenvalue weighted by atomic mass is 19.1. The highest BCUT2D eigenvalue weighted by molar-refractivity contribution is 6.12. The number of fused-ring (bicyclic) bond motifs is 5. The van der Waals surface area contributed by atoms with Crippen LogP contribution < -0.4 is 32.1 Å². The van der Waals surface area contributed by atoms with Crippen LogP contribution in [0.1, 0.15) is 96.9 Å². The minimum absolute atomic E-state index is 0.0219. The lowest BCUT2D eigenvalue weighted by molar-refractivity contribution is -0.172. The van der Waals surface area contributed by atoms with E-state index < -0.39 is 84.3 Å². The summed E-state index contributed by atoms with van der Waals surface area (Å²) in [5, 5.41) is 25.5. The number of ether oxygens (including phenoxy) is 3. The zero-order valence-corrected chi connectivity index (χ0v) is 46.3. The molecule has 440 valence electrons. The Bertz CT molecular complexity index is 3310. The van der Waals surface area contributed by atoms with Gasteiger partial charge in [0.2, 0.25) is 17.7 Å². The maximum Gasteiger partial charge on any atom is 0.343 e. The van der Waals surface area contributed by atoms with Crippen molar-refractivity contribution in [1.29, 1.82) is 0 Å². The molecule has 1 saturated heterocycles. The quantitative estimate of drug-likeness (QED) is 0.0220. The Morgan fingerprint density at radius 3 is 2.39 bits per heavy atom.